The number of aryl methyl sites for hydroxylation is 1. The number of hydrogen-bond donors (Lipinski definition) is 1. The Labute approximate surface area is 113 Å². The molecule has 0 radical (unpaired) electrons. The number of aliphatic hydroxyl groups excluding tert-OH is 1. The second-order valence-corrected chi connectivity index (χ2v) is 4.88. The number of hydrogen-bond acceptors (Lipinski definition) is 2. The number of ketones is 1. The molecule has 2 aromatic rings. The van der Waals surface area contributed by atoms with Gasteiger partial charge in [0, 0.05) is 22.5 Å². The predicted molar refractivity (Wildman–Crippen MR) is 75.6 cm³/mol. The van der Waals surface area contributed by atoms with Crippen molar-refractivity contribution >= 4 is 5.78 Å². The monoisotopic (exact) mass is 257 g/mol. The van der Waals surface area contributed by atoms with Crippen LogP contribution >= 0.6 is 0 Å². The molecule has 1 heterocycles. The van der Waals surface area contributed by atoms with Gasteiger partial charge in [-0.2, -0.15) is 0 Å². The molecule has 0 fully saturated rings. The van der Waals surface area contributed by atoms with Crippen molar-refractivity contribution in [3.63, 3.8) is 0 Å². The standard InChI is InChI=1S/C16H19NO2/c1-11-9-15(13(3)17(11)12(2)10-18)16(19)14-7-5-4-6-8-14/h4-9,12,18H,10H2,1-3H3/t12-/m0/s1. The van der Waals surface area contributed by atoms with Crippen molar-refractivity contribution in [1.29, 1.82) is 0 Å². The van der Waals surface area contributed by atoms with Crippen LogP contribution in [0, 0.1) is 13.8 Å². The minimum Gasteiger partial charge on any atom is -0.394 e. The van der Waals surface area contributed by atoms with Gasteiger partial charge in [-0.25, -0.2) is 0 Å². The molecular weight excluding hydrogens is 238 g/mol. The molecule has 1 aromatic carbocycles. The van der Waals surface area contributed by atoms with E-state index in [1.807, 2.05) is 61.7 Å². The molecule has 0 saturated heterocycles. The van der Waals surface area contributed by atoms with Crippen molar-refractivity contribution in [3.05, 3.63) is 58.9 Å². The van der Waals surface area contributed by atoms with E-state index in [0.717, 1.165) is 11.4 Å². The van der Waals surface area contributed by atoms with Gasteiger partial charge < -0.3 is 9.67 Å². The molecule has 0 unspecified atom stereocenters. The van der Waals surface area contributed by atoms with Gasteiger partial charge >= 0.3 is 0 Å². The van der Waals surface area contributed by atoms with Gasteiger partial charge in [-0.1, -0.05) is 30.3 Å². The van der Waals surface area contributed by atoms with Crippen LogP contribution in [0.3, 0.4) is 0 Å². The van der Waals surface area contributed by atoms with Crippen LogP contribution in [0.2, 0.25) is 0 Å². The zero-order chi connectivity index (χ0) is 14.0. The highest BCUT2D eigenvalue weighted by molar-refractivity contribution is 6.09. The highest BCUT2D eigenvalue weighted by Gasteiger charge is 2.19. The Balaban J connectivity index is 2.45. The number of aliphatic hydroxyl groups is 1. The number of carbonyl (C=O) groups excluding carboxylic acids is 1. The molecule has 2 rings (SSSR count). The van der Waals surface area contributed by atoms with Crippen molar-refractivity contribution < 1.29 is 9.90 Å². The van der Waals surface area contributed by atoms with Gasteiger partial charge in [0.1, 0.15) is 0 Å². The quantitative estimate of drug-likeness (QED) is 0.856. The molecular formula is C16H19NO2. The Hall–Kier alpha value is -1.87. The van der Waals surface area contributed by atoms with Crippen molar-refractivity contribution in [3.8, 4) is 0 Å². The maximum absolute atomic E-state index is 12.5. The fourth-order valence-electron chi connectivity index (χ4n) is 2.51. The lowest BCUT2D eigenvalue weighted by molar-refractivity contribution is 0.103. The van der Waals surface area contributed by atoms with Crippen LogP contribution in [-0.4, -0.2) is 22.1 Å². The summed E-state index contributed by atoms with van der Waals surface area (Å²) in [5.74, 6) is 0.0325. The molecule has 0 amide bonds. The maximum Gasteiger partial charge on any atom is 0.194 e. The average Bonchev–Trinajstić information content (AvgIpc) is 2.73. The molecule has 1 aromatic heterocycles. The summed E-state index contributed by atoms with van der Waals surface area (Å²) in [7, 11) is 0. The fraction of sp³-hybridized carbons (Fsp3) is 0.312. The molecule has 0 bridgehead atoms. The summed E-state index contributed by atoms with van der Waals surface area (Å²) in [5, 5.41) is 9.30. The summed E-state index contributed by atoms with van der Waals surface area (Å²) in [5.41, 5.74) is 3.31. The van der Waals surface area contributed by atoms with Crippen LogP contribution < -0.4 is 0 Å². The van der Waals surface area contributed by atoms with Gasteiger partial charge in [0.25, 0.3) is 0 Å². The molecule has 0 aliphatic heterocycles. The average molecular weight is 257 g/mol. The molecule has 1 N–H and O–H groups in total. The molecule has 19 heavy (non-hydrogen) atoms. The molecule has 3 heteroatoms. The Bertz CT molecular complexity index is 584. The van der Waals surface area contributed by atoms with E-state index < -0.39 is 0 Å². The van der Waals surface area contributed by atoms with E-state index >= 15 is 0 Å². The van der Waals surface area contributed by atoms with Gasteiger partial charge in [0.2, 0.25) is 0 Å². The third-order valence-electron chi connectivity index (χ3n) is 3.47. The number of nitrogens with zero attached hydrogens (tertiary/aromatic N) is 1. The molecule has 0 aliphatic carbocycles. The lowest BCUT2D eigenvalue weighted by atomic mass is 10.0. The number of carbonyl (C=O) groups is 1. The van der Waals surface area contributed by atoms with Crippen LogP contribution in [-0.2, 0) is 0 Å². The third-order valence-corrected chi connectivity index (χ3v) is 3.47. The summed E-state index contributed by atoms with van der Waals surface area (Å²) >= 11 is 0. The number of benzene rings is 1. The van der Waals surface area contributed by atoms with E-state index in [0.29, 0.717) is 11.1 Å². The van der Waals surface area contributed by atoms with Crippen molar-refractivity contribution in [1.82, 2.24) is 4.57 Å². The highest BCUT2D eigenvalue weighted by atomic mass is 16.3. The SMILES string of the molecule is Cc1cc(C(=O)c2ccccc2)c(C)n1[C@@H](C)CO. The van der Waals surface area contributed by atoms with E-state index in [-0.39, 0.29) is 18.4 Å². The first-order valence-corrected chi connectivity index (χ1v) is 6.45. The van der Waals surface area contributed by atoms with Crippen molar-refractivity contribution in [2.24, 2.45) is 0 Å². The van der Waals surface area contributed by atoms with Crippen LogP contribution in [0.15, 0.2) is 36.4 Å². The minimum atomic E-state index is -0.0164. The first kappa shape index (κ1) is 13.6. The van der Waals surface area contributed by atoms with E-state index in [1.54, 1.807) is 0 Å². The largest absolute Gasteiger partial charge is 0.394 e. The van der Waals surface area contributed by atoms with Gasteiger partial charge in [-0.3, -0.25) is 4.79 Å². The lowest BCUT2D eigenvalue weighted by Gasteiger charge is -2.16. The fourth-order valence-corrected chi connectivity index (χ4v) is 2.51. The number of aromatic nitrogens is 1. The Morgan fingerprint density at radius 1 is 1.26 bits per heavy atom. The first-order chi connectivity index (χ1) is 9.06. The zero-order valence-electron chi connectivity index (χ0n) is 11.6. The number of rotatable bonds is 4. The highest BCUT2D eigenvalue weighted by Crippen LogP contribution is 2.22. The van der Waals surface area contributed by atoms with Crippen LogP contribution in [0.4, 0.5) is 0 Å². The molecule has 0 saturated carbocycles. The maximum atomic E-state index is 12.5. The second kappa shape index (κ2) is 5.41. The molecule has 3 nitrogen and oxygen atoms in total. The Morgan fingerprint density at radius 3 is 2.47 bits per heavy atom. The molecule has 100 valence electrons. The summed E-state index contributed by atoms with van der Waals surface area (Å²) in [6, 6.07) is 11.2. The Morgan fingerprint density at radius 2 is 1.89 bits per heavy atom. The van der Waals surface area contributed by atoms with E-state index in [1.165, 1.54) is 0 Å². The van der Waals surface area contributed by atoms with Crippen molar-refractivity contribution in [2.75, 3.05) is 6.61 Å². The van der Waals surface area contributed by atoms with Gasteiger partial charge in [0.15, 0.2) is 5.78 Å². The normalized spacial score (nSPS) is 12.4. The van der Waals surface area contributed by atoms with Gasteiger partial charge in [-0.05, 0) is 26.8 Å². The Kier molecular flexibility index (Phi) is 3.86. The van der Waals surface area contributed by atoms with Gasteiger partial charge in [0.05, 0.1) is 12.6 Å². The van der Waals surface area contributed by atoms with Crippen LogP contribution in [0.5, 0.6) is 0 Å². The topological polar surface area (TPSA) is 42.2 Å². The molecule has 0 aliphatic rings. The van der Waals surface area contributed by atoms with Crippen molar-refractivity contribution in [2.45, 2.75) is 26.8 Å². The summed E-state index contributed by atoms with van der Waals surface area (Å²) < 4.78 is 2.01. The first-order valence-electron chi connectivity index (χ1n) is 6.45. The van der Waals surface area contributed by atoms with Gasteiger partial charge in [-0.15, -0.1) is 0 Å². The summed E-state index contributed by atoms with van der Waals surface area (Å²) in [4.78, 5) is 12.5. The smallest absolute Gasteiger partial charge is 0.194 e. The summed E-state index contributed by atoms with van der Waals surface area (Å²) in [6.07, 6.45) is 0. The van der Waals surface area contributed by atoms with Crippen LogP contribution in [0.25, 0.3) is 0 Å². The zero-order valence-corrected chi connectivity index (χ0v) is 11.6. The second-order valence-electron chi connectivity index (χ2n) is 4.88. The van der Waals surface area contributed by atoms with E-state index in [4.69, 9.17) is 0 Å². The summed E-state index contributed by atoms with van der Waals surface area (Å²) in [6.45, 7) is 5.89. The predicted octanol–water partition coefficient (Wildman–Crippen LogP) is 2.89. The molecule has 1 atom stereocenters. The third kappa shape index (κ3) is 2.47. The van der Waals surface area contributed by atoms with Crippen LogP contribution in [0.1, 0.15) is 40.3 Å². The lowest BCUT2D eigenvalue weighted by Crippen LogP contribution is -2.13. The molecule has 0 spiro atoms. The minimum absolute atomic E-state index is 0.0164. The van der Waals surface area contributed by atoms with E-state index in [9.17, 15) is 9.90 Å². The van der Waals surface area contributed by atoms with E-state index in [2.05, 4.69) is 0 Å².